The molecule has 2 N–H and O–H groups in total. The summed E-state index contributed by atoms with van der Waals surface area (Å²) in [5.74, 6) is -0.0762. The molecule has 0 aliphatic heterocycles. The van der Waals surface area contributed by atoms with Gasteiger partial charge in [0.1, 0.15) is 6.61 Å². The molecule has 1 amide bonds. The van der Waals surface area contributed by atoms with Crippen molar-refractivity contribution < 1.29 is 14.3 Å². The molecule has 0 aromatic heterocycles. The molecule has 0 unspecified atom stereocenters. The highest BCUT2D eigenvalue weighted by atomic mass is 16.5. The maximum Gasteiger partial charge on any atom is 0.245 e. The van der Waals surface area contributed by atoms with Gasteiger partial charge in [-0.15, -0.1) is 0 Å². The monoisotopic (exact) mass is 218 g/mol. The van der Waals surface area contributed by atoms with Crippen molar-refractivity contribution in [1.29, 1.82) is 0 Å². The lowest BCUT2D eigenvalue weighted by molar-refractivity contribution is -0.124. The Kier molecular flexibility index (Phi) is 10.9. The Morgan fingerprint density at radius 1 is 1.20 bits per heavy atom. The van der Waals surface area contributed by atoms with Crippen molar-refractivity contribution in [3.8, 4) is 0 Å². The van der Waals surface area contributed by atoms with Crippen LogP contribution in [0.1, 0.15) is 12.8 Å². The Labute approximate surface area is 91.5 Å². The summed E-state index contributed by atoms with van der Waals surface area (Å²) in [6.45, 7) is 3.21. The van der Waals surface area contributed by atoms with Crippen molar-refractivity contribution in [3.05, 3.63) is 0 Å². The lowest BCUT2D eigenvalue weighted by Gasteiger charge is -2.05. The van der Waals surface area contributed by atoms with Crippen LogP contribution < -0.4 is 10.6 Å². The summed E-state index contributed by atoms with van der Waals surface area (Å²) in [5.41, 5.74) is 0. The summed E-state index contributed by atoms with van der Waals surface area (Å²) in [6.07, 6.45) is 1.86. The molecule has 0 radical (unpaired) electrons. The molecular formula is C10H22N2O3. The fourth-order valence-electron chi connectivity index (χ4n) is 1.04. The SMILES string of the molecule is CNCCCOCCCNC(=O)COC. The van der Waals surface area contributed by atoms with Crippen LogP contribution in [0.4, 0.5) is 0 Å². The summed E-state index contributed by atoms with van der Waals surface area (Å²) in [5, 5.41) is 5.78. The van der Waals surface area contributed by atoms with E-state index in [1.807, 2.05) is 7.05 Å². The van der Waals surface area contributed by atoms with E-state index in [9.17, 15) is 4.79 Å². The second kappa shape index (κ2) is 11.4. The van der Waals surface area contributed by atoms with Gasteiger partial charge in [-0.3, -0.25) is 4.79 Å². The zero-order valence-corrected chi connectivity index (χ0v) is 9.67. The van der Waals surface area contributed by atoms with E-state index < -0.39 is 0 Å². The predicted molar refractivity (Wildman–Crippen MR) is 58.9 cm³/mol. The van der Waals surface area contributed by atoms with Gasteiger partial charge >= 0.3 is 0 Å². The topological polar surface area (TPSA) is 59.6 Å². The molecule has 0 atom stereocenters. The van der Waals surface area contributed by atoms with E-state index in [-0.39, 0.29) is 12.5 Å². The Bertz CT molecular complexity index is 154. The number of hydrogen-bond acceptors (Lipinski definition) is 4. The smallest absolute Gasteiger partial charge is 0.245 e. The molecule has 0 bridgehead atoms. The van der Waals surface area contributed by atoms with Crippen LogP contribution in [-0.2, 0) is 14.3 Å². The van der Waals surface area contributed by atoms with Crippen LogP contribution in [0.15, 0.2) is 0 Å². The first-order valence-corrected chi connectivity index (χ1v) is 5.29. The molecule has 0 rings (SSSR count). The molecular weight excluding hydrogens is 196 g/mol. The van der Waals surface area contributed by atoms with Crippen LogP contribution in [0.3, 0.4) is 0 Å². The number of carbonyl (C=O) groups excluding carboxylic acids is 1. The van der Waals surface area contributed by atoms with Crippen LogP contribution in [-0.4, -0.2) is 53.0 Å². The van der Waals surface area contributed by atoms with Crippen LogP contribution in [0.25, 0.3) is 0 Å². The Morgan fingerprint density at radius 2 is 1.87 bits per heavy atom. The highest BCUT2D eigenvalue weighted by Crippen LogP contribution is 1.84. The minimum Gasteiger partial charge on any atom is -0.381 e. The van der Waals surface area contributed by atoms with E-state index in [1.165, 1.54) is 7.11 Å². The average Bonchev–Trinajstić information content (AvgIpc) is 2.22. The number of carbonyl (C=O) groups is 1. The second-order valence-electron chi connectivity index (χ2n) is 3.21. The van der Waals surface area contributed by atoms with Crippen molar-refractivity contribution in [2.75, 3.05) is 47.1 Å². The fourth-order valence-corrected chi connectivity index (χ4v) is 1.04. The number of methoxy groups -OCH3 is 1. The maximum atomic E-state index is 10.9. The minimum absolute atomic E-state index is 0.0762. The average molecular weight is 218 g/mol. The molecule has 90 valence electrons. The van der Waals surface area contributed by atoms with Crippen LogP contribution in [0.2, 0.25) is 0 Å². The van der Waals surface area contributed by atoms with Gasteiger partial charge in [-0.05, 0) is 26.4 Å². The summed E-state index contributed by atoms with van der Waals surface area (Å²) < 4.78 is 10.0. The van der Waals surface area contributed by atoms with Gasteiger partial charge in [-0.1, -0.05) is 0 Å². The molecule has 5 heteroatoms. The van der Waals surface area contributed by atoms with E-state index in [0.29, 0.717) is 13.2 Å². The quantitative estimate of drug-likeness (QED) is 0.497. The summed E-state index contributed by atoms with van der Waals surface area (Å²) in [4.78, 5) is 10.9. The Balaban J connectivity index is 3.01. The van der Waals surface area contributed by atoms with Gasteiger partial charge in [0.05, 0.1) is 0 Å². The fraction of sp³-hybridized carbons (Fsp3) is 0.900. The van der Waals surface area contributed by atoms with Gasteiger partial charge in [-0.2, -0.15) is 0 Å². The van der Waals surface area contributed by atoms with E-state index in [2.05, 4.69) is 15.4 Å². The lowest BCUT2D eigenvalue weighted by atomic mass is 10.4. The molecule has 0 heterocycles. The lowest BCUT2D eigenvalue weighted by Crippen LogP contribution is -2.28. The molecule has 0 aromatic carbocycles. The van der Waals surface area contributed by atoms with E-state index in [1.54, 1.807) is 0 Å². The van der Waals surface area contributed by atoms with Gasteiger partial charge in [0.2, 0.25) is 5.91 Å². The zero-order chi connectivity index (χ0) is 11.4. The largest absolute Gasteiger partial charge is 0.381 e. The third kappa shape index (κ3) is 11.3. The minimum atomic E-state index is -0.0762. The van der Waals surface area contributed by atoms with Crippen molar-refractivity contribution >= 4 is 5.91 Å². The van der Waals surface area contributed by atoms with E-state index in [0.717, 1.165) is 26.0 Å². The highest BCUT2D eigenvalue weighted by Gasteiger charge is 1.97. The molecule has 0 spiro atoms. The van der Waals surface area contributed by atoms with Crippen LogP contribution in [0, 0.1) is 0 Å². The Hall–Kier alpha value is -0.650. The first kappa shape index (κ1) is 14.3. The predicted octanol–water partition coefficient (Wildman–Crippen LogP) is -0.235. The molecule has 0 aromatic rings. The van der Waals surface area contributed by atoms with Gasteiger partial charge < -0.3 is 20.1 Å². The van der Waals surface area contributed by atoms with Crippen LogP contribution >= 0.6 is 0 Å². The second-order valence-corrected chi connectivity index (χ2v) is 3.21. The summed E-state index contributed by atoms with van der Waals surface area (Å²) in [6, 6.07) is 0. The molecule has 15 heavy (non-hydrogen) atoms. The third-order valence-electron chi connectivity index (χ3n) is 1.78. The molecule has 0 fully saturated rings. The van der Waals surface area contributed by atoms with Gasteiger partial charge in [-0.25, -0.2) is 0 Å². The van der Waals surface area contributed by atoms with Gasteiger partial charge in [0, 0.05) is 26.9 Å². The molecule has 5 nitrogen and oxygen atoms in total. The first-order chi connectivity index (χ1) is 7.31. The summed E-state index contributed by atoms with van der Waals surface area (Å²) >= 11 is 0. The van der Waals surface area contributed by atoms with Gasteiger partial charge in [0.15, 0.2) is 0 Å². The molecule has 0 aliphatic rings. The Morgan fingerprint density at radius 3 is 2.47 bits per heavy atom. The maximum absolute atomic E-state index is 10.9. The van der Waals surface area contributed by atoms with Crippen molar-refractivity contribution in [2.24, 2.45) is 0 Å². The number of nitrogens with one attached hydrogen (secondary N) is 2. The third-order valence-corrected chi connectivity index (χ3v) is 1.78. The zero-order valence-electron chi connectivity index (χ0n) is 9.67. The van der Waals surface area contributed by atoms with Crippen molar-refractivity contribution in [3.63, 3.8) is 0 Å². The number of rotatable bonds is 10. The first-order valence-electron chi connectivity index (χ1n) is 5.29. The normalized spacial score (nSPS) is 10.3. The standard InChI is InChI=1S/C10H22N2O3/c1-11-5-3-7-15-8-4-6-12-10(13)9-14-2/h11H,3-9H2,1-2H3,(H,12,13). The number of ether oxygens (including phenoxy) is 2. The highest BCUT2D eigenvalue weighted by molar-refractivity contribution is 5.77. The molecule has 0 saturated heterocycles. The van der Waals surface area contributed by atoms with E-state index in [4.69, 9.17) is 4.74 Å². The van der Waals surface area contributed by atoms with Gasteiger partial charge in [0.25, 0.3) is 0 Å². The molecule has 0 aliphatic carbocycles. The van der Waals surface area contributed by atoms with Crippen molar-refractivity contribution in [2.45, 2.75) is 12.8 Å². The summed E-state index contributed by atoms with van der Waals surface area (Å²) in [7, 11) is 3.43. The number of amides is 1. The van der Waals surface area contributed by atoms with E-state index >= 15 is 0 Å². The molecule has 0 saturated carbocycles. The number of hydrogen-bond donors (Lipinski definition) is 2. The van der Waals surface area contributed by atoms with Crippen molar-refractivity contribution in [1.82, 2.24) is 10.6 Å². The van der Waals surface area contributed by atoms with Crippen LogP contribution in [0.5, 0.6) is 0 Å².